The van der Waals surface area contributed by atoms with Crippen molar-refractivity contribution in [2.45, 2.75) is 182 Å². The predicted molar refractivity (Wildman–Crippen MR) is 261 cm³/mol. The SMILES string of the molecule is CC1CC(CO[C@H]2OC(CO)[C@@H](O)C(n3cc(-c4cccc(F)c4)nn3)C2O)C[C@@H](O[C@@H]2OC(CO)[C@H](O)C(O[C@@H](CC3CCCCC3)C(=O)N3CCC3)C2OC(=O)c2ccccc2)C1O[C@@H]1OC(C)[C@@H](O)C(O)C1O. The van der Waals surface area contributed by atoms with Crippen molar-refractivity contribution in [3.05, 3.63) is 72.2 Å². The van der Waals surface area contributed by atoms with Crippen LogP contribution >= 0.6 is 0 Å². The summed E-state index contributed by atoms with van der Waals surface area (Å²) in [4.78, 5) is 30.0. The molecule has 8 N–H and O–H groups in total. The number of ether oxygens (including phenoxy) is 8. The number of halogens is 1. The van der Waals surface area contributed by atoms with E-state index in [4.69, 9.17) is 37.9 Å². The number of carbonyl (C=O) groups excluding carboxylic acids is 2. The first-order chi connectivity index (χ1) is 36.6. The minimum atomic E-state index is -1.70. The van der Waals surface area contributed by atoms with E-state index in [0.29, 0.717) is 31.5 Å². The summed E-state index contributed by atoms with van der Waals surface area (Å²) in [5.41, 5.74) is 0.803. The van der Waals surface area contributed by atoms with E-state index in [0.717, 1.165) is 38.5 Å². The standard InChI is InChI=1S/C53H73FN4O18/c1-27-19-30(26-69-51-43(64)39(41(62)37(24-59)73-51)58-23-34(55-56-58)32-15-9-16-33(54)22-32)21-35(46(27)76-52-45(66)44(65)40(61)28(2)70-52)72-53-48(75-50(68)31-13-7-4-8-14-31)47(42(63)38(25-60)74-53)71-36(49(67)57-17-10-18-57)20-29-11-5-3-6-12-29/h4,7-9,13-16,22-23,27-30,35-48,51-53,59-66H,3,5-6,10-12,17-21,24-26H2,1-2H3/t27?,28?,30?,35-,36+,37?,38?,39?,40-,41-,42+,43?,44?,45?,46?,47?,48?,51+,52+,53-/m1/s1. The number of amides is 1. The van der Waals surface area contributed by atoms with Crippen molar-refractivity contribution in [1.82, 2.24) is 19.9 Å². The number of likely N-dealkylation sites (tertiary alicyclic amines) is 1. The van der Waals surface area contributed by atoms with Gasteiger partial charge in [0.25, 0.3) is 5.91 Å². The highest BCUT2D eigenvalue weighted by molar-refractivity contribution is 5.89. The summed E-state index contributed by atoms with van der Waals surface area (Å²) < 4.78 is 66.1. The molecule has 0 bridgehead atoms. The van der Waals surface area contributed by atoms with Gasteiger partial charge in [0.2, 0.25) is 0 Å². The van der Waals surface area contributed by atoms with Crippen LogP contribution in [0.4, 0.5) is 4.39 Å². The van der Waals surface area contributed by atoms with E-state index in [1.165, 1.54) is 48.1 Å². The summed E-state index contributed by atoms with van der Waals surface area (Å²) in [6.07, 6.45) is -16.0. The van der Waals surface area contributed by atoms with Gasteiger partial charge >= 0.3 is 5.97 Å². The lowest BCUT2D eigenvalue weighted by Crippen LogP contribution is -2.64. The smallest absolute Gasteiger partial charge is 0.338 e. The third kappa shape index (κ3) is 12.6. The molecule has 2 aromatic carbocycles. The molecule has 6 fully saturated rings. The van der Waals surface area contributed by atoms with Gasteiger partial charge in [0.1, 0.15) is 78.6 Å². The molecule has 3 aromatic rings. The van der Waals surface area contributed by atoms with E-state index in [1.54, 1.807) is 29.2 Å². The molecular weight excluding hydrogens is 1000 g/mol. The van der Waals surface area contributed by atoms with Crippen LogP contribution in [0, 0.1) is 23.6 Å². The topological polar surface area (TPSA) is 304 Å². The maximum absolute atomic E-state index is 14.2. The van der Waals surface area contributed by atoms with E-state index in [1.807, 2.05) is 6.92 Å². The number of hydrogen-bond donors (Lipinski definition) is 8. The number of aromatic nitrogens is 3. The Hall–Kier alpha value is -4.15. The zero-order valence-corrected chi connectivity index (χ0v) is 42.6. The van der Waals surface area contributed by atoms with Crippen molar-refractivity contribution in [1.29, 1.82) is 0 Å². The van der Waals surface area contributed by atoms with Crippen LogP contribution in [0.1, 0.15) is 88.0 Å². The number of nitrogens with zero attached hydrogens (tertiary/aromatic N) is 4. The van der Waals surface area contributed by atoms with Gasteiger partial charge in [-0.15, -0.1) is 5.10 Å². The molecule has 4 aliphatic heterocycles. The molecule has 4 saturated heterocycles. The first-order valence-corrected chi connectivity index (χ1v) is 26.7. The second-order valence-corrected chi connectivity index (χ2v) is 21.4. The lowest BCUT2D eigenvalue weighted by atomic mass is 9.78. The highest BCUT2D eigenvalue weighted by atomic mass is 19.1. The van der Waals surface area contributed by atoms with Crippen LogP contribution in [0.5, 0.6) is 0 Å². The first-order valence-electron chi connectivity index (χ1n) is 26.7. The minimum absolute atomic E-state index is 0.0613. The van der Waals surface area contributed by atoms with Gasteiger partial charge in [-0.25, -0.2) is 13.9 Å². The second kappa shape index (κ2) is 25.3. The highest BCUT2D eigenvalue weighted by Crippen LogP contribution is 2.41. The Kier molecular flexibility index (Phi) is 18.8. The van der Waals surface area contributed by atoms with Gasteiger partial charge in [-0.05, 0) is 74.6 Å². The van der Waals surface area contributed by atoms with E-state index in [2.05, 4.69) is 10.3 Å². The molecule has 20 atom stereocenters. The van der Waals surface area contributed by atoms with Gasteiger partial charge < -0.3 is 83.6 Å². The summed E-state index contributed by atoms with van der Waals surface area (Å²) >= 11 is 0. The summed E-state index contributed by atoms with van der Waals surface area (Å²) in [5.74, 6) is -2.40. The Balaban J connectivity index is 1.00. The molecule has 6 aliphatic rings. The van der Waals surface area contributed by atoms with Crippen molar-refractivity contribution in [2.75, 3.05) is 32.9 Å². The van der Waals surface area contributed by atoms with Crippen molar-refractivity contribution in [3.63, 3.8) is 0 Å². The van der Waals surface area contributed by atoms with Gasteiger partial charge in [0.15, 0.2) is 25.0 Å². The number of carbonyl (C=O) groups is 2. The lowest BCUT2D eigenvalue weighted by molar-refractivity contribution is -0.350. The van der Waals surface area contributed by atoms with Crippen LogP contribution in [0.3, 0.4) is 0 Å². The van der Waals surface area contributed by atoms with Crippen LogP contribution in [0.2, 0.25) is 0 Å². The Morgan fingerprint density at radius 3 is 2.16 bits per heavy atom. The van der Waals surface area contributed by atoms with Crippen molar-refractivity contribution in [2.24, 2.45) is 17.8 Å². The normalized spacial score (nSPS) is 37.8. The molecule has 0 spiro atoms. The summed E-state index contributed by atoms with van der Waals surface area (Å²) in [6.45, 7) is 2.89. The van der Waals surface area contributed by atoms with Crippen LogP contribution in [0.25, 0.3) is 11.3 Å². The highest BCUT2D eigenvalue weighted by Gasteiger charge is 2.54. The van der Waals surface area contributed by atoms with Gasteiger partial charge in [-0.2, -0.15) is 0 Å². The number of benzene rings is 2. The third-order valence-electron chi connectivity index (χ3n) is 16.0. The second-order valence-electron chi connectivity index (χ2n) is 21.4. The van der Waals surface area contributed by atoms with Crippen molar-refractivity contribution >= 4 is 11.9 Å². The van der Waals surface area contributed by atoms with E-state index < -0.39 is 147 Å². The molecule has 2 saturated carbocycles. The van der Waals surface area contributed by atoms with E-state index in [-0.39, 0.29) is 36.1 Å². The zero-order valence-electron chi connectivity index (χ0n) is 42.6. The van der Waals surface area contributed by atoms with Gasteiger partial charge in [-0.3, -0.25) is 4.79 Å². The van der Waals surface area contributed by atoms with Crippen LogP contribution in [0.15, 0.2) is 60.8 Å². The van der Waals surface area contributed by atoms with Crippen LogP contribution in [-0.2, 0) is 42.7 Å². The number of rotatable bonds is 18. The summed E-state index contributed by atoms with van der Waals surface area (Å²) in [6, 6.07) is 12.5. The molecule has 0 radical (unpaired) electrons. The molecule has 23 heteroatoms. The lowest BCUT2D eigenvalue weighted by Gasteiger charge is -2.49. The maximum atomic E-state index is 14.2. The van der Waals surface area contributed by atoms with Gasteiger partial charge in [0, 0.05) is 18.7 Å². The molecule has 1 aromatic heterocycles. The number of aliphatic hydroxyl groups excluding tert-OH is 8. The molecule has 12 unspecified atom stereocenters. The number of hydrogen-bond acceptors (Lipinski definition) is 20. The molecule has 22 nitrogen and oxygen atoms in total. The number of aliphatic hydroxyl groups is 8. The Bertz CT molecular complexity index is 2350. The number of esters is 1. The predicted octanol–water partition coefficient (Wildman–Crippen LogP) is 0.985. The monoisotopic (exact) mass is 1070 g/mol. The Morgan fingerprint density at radius 1 is 0.737 bits per heavy atom. The summed E-state index contributed by atoms with van der Waals surface area (Å²) in [7, 11) is 0. The minimum Gasteiger partial charge on any atom is -0.450 e. The van der Waals surface area contributed by atoms with Crippen molar-refractivity contribution in [3.8, 4) is 11.3 Å². The van der Waals surface area contributed by atoms with E-state index >= 15 is 0 Å². The fourth-order valence-electron chi connectivity index (χ4n) is 11.5. The quantitative estimate of drug-likeness (QED) is 0.0824. The Morgan fingerprint density at radius 2 is 1.46 bits per heavy atom. The molecule has 76 heavy (non-hydrogen) atoms. The fraction of sp³-hybridized carbons (Fsp3) is 0.698. The molecular formula is C53H73FN4O18. The fourth-order valence-corrected chi connectivity index (χ4v) is 11.5. The Labute approximate surface area is 439 Å². The average molecular weight is 1070 g/mol. The van der Waals surface area contributed by atoms with Crippen LogP contribution < -0.4 is 0 Å². The van der Waals surface area contributed by atoms with E-state index in [9.17, 15) is 54.8 Å². The van der Waals surface area contributed by atoms with Gasteiger partial charge in [-0.1, -0.05) is 74.6 Å². The maximum Gasteiger partial charge on any atom is 0.338 e. The van der Waals surface area contributed by atoms with Crippen LogP contribution in [-0.4, -0.2) is 210 Å². The third-order valence-corrected chi connectivity index (χ3v) is 16.0. The van der Waals surface area contributed by atoms with Gasteiger partial charge in [0.05, 0.1) is 49.9 Å². The molecule has 1 amide bonds. The zero-order chi connectivity index (χ0) is 53.8. The largest absolute Gasteiger partial charge is 0.450 e. The average Bonchev–Trinajstić information content (AvgIpc) is 3.92. The molecule has 9 rings (SSSR count). The molecule has 420 valence electrons. The molecule has 5 heterocycles. The van der Waals surface area contributed by atoms with Crippen molar-refractivity contribution < 1.29 is 92.7 Å². The first kappa shape index (κ1) is 56.6. The molecule has 2 aliphatic carbocycles. The summed E-state index contributed by atoms with van der Waals surface area (Å²) in [5, 5.41) is 97.0.